The Morgan fingerprint density at radius 2 is 1.81 bits per heavy atom. The van der Waals surface area contributed by atoms with Crippen LogP contribution in [0.25, 0.3) is 0 Å². The summed E-state index contributed by atoms with van der Waals surface area (Å²) in [6, 6.07) is 14.2. The van der Waals surface area contributed by atoms with E-state index in [1.807, 2.05) is 30.3 Å². The molecule has 7 nitrogen and oxygen atoms in total. The first kappa shape index (κ1) is 18.6. The molecule has 27 heavy (non-hydrogen) atoms. The Balaban J connectivity index is 1.66. The number of ether oxygens (including phenoxy) is 2. The maximum Gasteiger partial charge on any atom is 0.319 e. The van der Waals surface area contributed by atoms with Crippen LogP contribution in [-0.2, 0) is 11.2 Å². The number of rotatable bonds is 7. The second-order valence-electron chi connectivity index (χ2n) is 6.25. The van der Waals surface area contributed by atoms with E-state index in [-0.39, 0.29) is 12.5 Å². The molecule has 0 bridgehead atoms. The maximum atomic E-state index is 12.5. The highest BCUT2D eigenvalue weighted by Crippen LogP contribution is 2.37. The maximum absolute atomic E-state index is 12.5. The molecular weight excluding hydrogens is 348 g/mol. The minimum absolute atomic E-state index is 0.0184. The SMILES string of the molecule is O=C(O)CCC(Cc1ccccc1)NC(=O)Nc1cccc2c1OCCO2. The average molecular weight is 370 g/mol. The molecule has 2 aromatic carbocycles. The minimum Gasteiger partial charge on any atom is -0.486 e. The number of urea groups is 1. The molecule has 1 aliphatic rings. The molecule has 0 fully saturated rings. The van der Waals surface area contributed by atoms with E-state index >= 15 is 0 Å². The number of aliphatic carboxylic acids is 1. The van der Waals surface area contributed by atoms with Gasteiger partial charge in [-0.1, -0.05) is 36.4 Å². The molecule has 0 aromatic heterocycles. The molecule has 7 heteroatoms. The first-order valence-electron chi connectivity index (χ1n) is 8.83. The summed E-state index contributed by atoms with van der Waals surface area (Å²) in [6.07, 6.45) is 0.869. The number of para-hydroxylation sites is 1. The summed E-state index contributed by atoms with van der Waals surface area (Å²) >= 11 is 0. The Bertz CT molecular complexity index is 794. The van der Waals surface area contributed by atoms with Gasteiger partial charge in [-0.15, -0.1) is 0 Å². The van der Waals surface area contributed by atoms with Gasteiger partial charge < -0.3 is 25.2 Å². The zero-order valence-corrected chi connectivity index (χ0v) is 14.8. The van der Waals surface area contributed by atoms with Gasteiger partial charge in [-0.3, -0.25) is 4.79 Å². The molecule has 1 aliphatic heterocycles. The molecule has 0 aliphatic carbocycles. The van der Waals surface area contributed by atoms with Crippen molar-refractivity contribution in [2.75, 3.05) is 18.5 Å². The second-order valence-corrected chi connectivity index (χ2v) is 6.25. The van der Waals surface area contributed by atoms with Crippen LogP contribution in [0.1, 0.15) is 18.4 Å². The average Bonchev–Trinajstić information content (AvgIpc) is 2.67. The van der Waals surface area contributed by atoms with Gasteiger partial charge in [-0.05, 0) is 30.5 Å². The quantitative estimate of drug-likeness (QED) is 0.696. The summed E-state index contributed by atoms with van der Waals surface area (Å²) in [5, 5.41) is 14.6. The van der Waals surface area contributed by atoms with Gasteiger partial charge >= 0.3 is 12.0 Å². The third-order valence-electron chi connectivity index (χ3n) is 4.18. The summed E-state index contributed by atoms with van der Waals surface area (Å²) in [4.78, 5) is 23.4. The molecule has 3 rings (SSSR count). The fourth-order valence-electron chi connectivity index (χ4n) is 2.94. The molecule has 0 spiro atoms. The summed E-state index contributed by atoms with van der Waals surface area (Å²) in [5.41, 5.74) is 1.54. The number of hydrogen-bond acceptors (Lipinski definition) is 4. The van der Waals surface area contributed by atoms with Crippen molar-refractivity contribution in [1.29, 1.82) is 0 Å². The van der Waals surface area contributed by atoms with Crippen LogP contribution in [0, 0.1) is 0 Å². The predicted octanol–water partition coefficient (Wildman–Crippen LogP) is 3.06. The molecule has 0 saturated carbocycles. The lowest BCUT2D eigenvalue weighted by Crippen LogP contribution is -2.39. The first-order chi connectivity index (χ1) is 13.1. The predicted molar refractivity (Wildman–Crippen MR) is 100 cm³/mol. The lowest BCUT2D eigenvalue weighted by Gasteiger charge is -2.22. The number of amides is 2. The largest absolute Gasteiger partial charge is 0.486 e. The molecule has 2 aromatic rings. The van der Waals surface area contributed by atoms with Crippen molar-refractivity contribution in [3.8, 4) is 11.5 Å². The number of nitrogens with one attached hydrogen (secondary N) is 2. The number of carbonyl (C=O) groups excluding carboxylic acids is 1. The van der Waals surface area contributed by atoms with E-state index < -0.39 is 12.0 Å². The van der Waals surface area contributed by atoms with Crippen molar-refractivity contribution in [3.05, 3.63) is 54.1 Å². The lowest BCUT2D eigenvalue weighted by molar-refractivity contribution is -0.137. The van der Waals surface area contributed by atoms with Gasteiger partial charge in [-0.25, -0.2) is 4.79 Å². The summed E-state index contributed by atoms with van der Waals surface area (Å²) in [6.45, 7) is 0.888. The monoisotopic (exact) mass is 370 g/mol. The number of carbonyl (C=O) groups is 2. The second kappa shape index (κ2) is 8.93. The van der Waals surface area contributed by atoms with E-state index in [2.05, 4.69) is 10.6 Å². The van der Waals surface area contributed by atoms with Crippen LogP contribution in [0.3, 0.4) is 0 Å². The van der Waals surface area contributed by atoms with Crippen molar-refractivity contribution in [2.24, 2.45) is 0 Å². The Hall–Kier alpha value is -3.22. The molecule has 1 heterocycles. The van der Waals surface area contributed by atoms with Gasteiger partial charge in [0.1, 0.15) is 13.2 Å². The van der Waals surface area contributed by atoms with Crippen LogP contribution in [0.2, 0.25) is 0 Å². The molecule has 2 amide bonds. The van der Waals surface area contributed by atoms with E-state index in [9.17, 15) is 9.59 Å². The molecule has 142 valence electrons. The van der Waals surface area contributed by atoms with Gasteiger partial charge in [0.25, 0.3) is 0 Å². The van der Waals surface area contributed by atoms with E-state index in [1.165, 1.54) is 0 Å². The zero-order chi connectivity index (χ0) is 19.1. The van der Waals surface area contributed by atoms with Crippen LogP contribution >= 0.6 is 0 Å². The molecule has 0 saturated heterocycles. The zero-order valence-electron chi connectivity index (χ0n) is 14.8. The van der Waals surface area contributed by atoms with Gasteiger partial charge in [-0.2, -0.15) is 0 Å². The first-order valence-corrected chi connectivity index (χ1v) is 8.83. The van der Waals surface area contributed by atoms with Crippen LogP contribution in [0.5, 0.6) is 11.5 Å². The summed E-state index contributed by atoms with van der Waals surface area (Å²) in [5.74, 6) is 0.202. The van der Waals surface area contributed by atoms with E-state index in [1.54, 1.807) is 18.2 Å². The number of hydrogen-bond donors (Lipinski definition) is 3. The van der Waals surface area contributed by atoms with Crippen molar-refractivity contribution in [3.63, 3.8) is 0 Å². The van der Waals surface area contributed by atoms with Crippen LogP contribution in [0.15, 0.2) is 48.5 Å². The summed E-state index contributed by atoms with van der Waals surface area (Å²) in [7, 11) is 0. The van der Waals surface area contributed by atoms with Crippen LogP contribution in [-0.4, -0.2) is 36.4 Å². The highest BCUT2D eigenvalue weighted by atomic mass is 16.6. The molecule has 1 unspecified atom stereocenters. The van der Waals surface area contributed by atoms with Crippen molar-refractivity contribution in [1.82, 2.24) is 5.32 Å². The Morgan fingerprint density at radius 1 is 1.04 bits per heavy atom. The normalized spacial score (nSPS) is 13.5. The standard InChI is InChI=1S/C20H22N2O5/c23-18(24)10-9-15(13-14-5-2-1-3-6-14)21-20(25)22-16-7-4-8-17-19(16)27-12-11-26-17/h1-8,15H,9-13H2,(H,23,24)(H2,21,22,25). The fourth-order valence-corrected chi connectivity index (χ4v) is 2.94. The van der Waals surface area contributed by atoms with Gasteiger partial charge in [0.15, 0.2) is 11.5 Å². The lowest BCUT2D eigenvalue weighted by atomic mass is 10.0. The van der Waals surface area contributed by atoms with E-state index in [0.717, 1.165) is 5.56 Å². The van der Waals surface area contributed by atoms with Crippen LogP contribution in [0.4, 0.5) is 10.5 Å². The van der Waals surface area contributed by atoms with Gasteiger partial charge in [0.2, 0.25) is 0 Å². The third-order valence-corrected chi connectivity index (χ3v) is 4.18. The van der Waals surface area contributed by atoms with E-state index in [4.69, 9.17) is 14.6 Å². The molecule has 0 radical (unpaired) electrons. The highest BCUT2D eigenvalue weighted by Gasteiger charge is 2.19. The van der Waals surface area contributed by atoms with E-state index in [0.29, 0.717) is 43.2 Å². The van der Waals surface area contributed by atoms with Crippen molar-refractivity contribution < 1.29 is 24.2 Å². The Morgan fingerprint density at radius 3 is 2.59 bits per heavy atom. The smallest absolute Gasteiger partial charge is 0.319 e. The molecule has 3 N–H and O–H groups in total. The van der Waals surface area contributed by atoms with Gasteiger partial charge in [0.05, 0.1) is 5.69 Å². The minimum atomic E-state index is -0.891. The number of fused-ring (bicyclic) bond motifs is 1. The van der Waals surface area contributed by atoms with Crippen molar-refractivity contribution >= 4 is 17.7 Å². The van der Waals surface area contributed by atoms with Crippen LogP contribution < -0.4 is 20.1 Å². The highest BCUT2D eigenvalue weighted by molar-refractivity contribution is 5.91. The third kappa shape index (κ3) is 5.37. The number of carboxylic acid groups (broad SMARTS) is 1. The number of benzene rings is 2. The topological polar surface area (TPSA) is 96.9 Å². The van der Waals surface area contributed by atoms with Crippen molar-refractivity contribution in [2.45, 2.75) is 25.3 Å². The number of anilines is 1. The molecular formula is C20H22N2O5. The molecule has 1 atom stereocenters. The Labute approximate surface area is 157 Å². The van der Waals surface area contributed by atoms with Gasteiger partial charge in [0, 0.05) is 12.5 Å². The number of carboxylic acids is 1. The fraction of sp³-hybridized carbons (Fsp3) is 0.300. The Kier molecular flexibility index (Phi) is 6.14. The summed E-state index contributed by atoms with van der Waals surface area (Å²) < 4.78 is 11.1.